The molecule has 2 aromatic heterocycles. The molecule has 8 heteroatoms. The number of aromatic nitrogens is 1. The lowest BCUT2D eigenvalue weighted by molar-refractivity contribution is -0.136. The average molecular weight is 321 g/mol. The van der Waals surface area contributed by atoms with Crippen LogP contribution in [0.25, 0.3) is 0 Å². The van der Waals surface area contributed by atoms with Crippen LogP contribution in [0.3, 0.4) is 0 Å². The third kappa shape index (κ3) is 4.43. The van der Waals surface area contributed by atoms with Gasteiger partial charge in [0.15, 0.2) is 5.82 Å². The third-order valence-corrected chi connectivity index (χ3v) is 3.22. The minimum atomic E-state index is -0.844. The topological polar surface area (TPSA) is 118 Å². The molecule has 0 unspecified atom stereocenters. The fourth-order valence-electron chi connectivity index (χ4n) is 2.14. The van der Waals surface area contributed by atoms with Gasteiger partial charge in [-0.3, -0.25) is 14.9 Å². The van der Waals surface area contributed by atoms with Crippen LogP contribution in [0, 0.1) is 20.8 Å². The molecule has 0 aliphatic carbocycles. The molecule has 2 aromatic rings. The molecule has 2 amide bonds. The molecule has 0 saturated heterocycles. The van der Waals surface area contributed by atoms with Crippen molar-refractivity contribution in [1.29, 1.82) is 0 Å². The van der Waals surface area contributed by atoms with Crippen LogP contribution < -0.4 is 10.6 Å². The summed E-state index contributed by atoms with van der Waals surface area (Å²) in [6.45, 7) is 5.37. The maximum absolute atomic E-state index is 11.7. The first-order valence-corrected chi connectivity index (χ1v) is 7.14. The van der Waals surface area contributed by atoms with Gasteiger partial charge in [0.25, 0.3) is 0 Å². The molecule has 8 nitrogen and oxygen atoms in total. The molecular formula is C15H19N3O5. The number of nitrogens with zero attached hydrogens (tertiary/aromatic N) is 1. The minimum absolute atomic E-state index is 0.148. The van der Waals surface area contributed by atoms with Gasteiger partial charge < -0.3 is 19.4 Å². The maximum Gasteiger partial charge on any atom is 0.314 e. The van der Waals surface area contributed by atoms with E-state index in [9.17, 15) is 14.7 Å². The first-order chi connectivity index (χ1) is 10.9. The van der Waals surface area contributed by atoms with E-state index in [1.807, 2.05) is 0 Å². The van der Waals surface area contributed by atoms with Crippen molar-refractivity contribution in [2.45, 2.75) is 33.3 Å². The number of aryl methyl sites for hydroxylation is 3. The highest BCUT2D eigenvalue weighted by Crippen LogP contribution is 2.23. The van der Waals surface area contributed by atoms with Crippen molar-refractivity contribution in [3.05, 3.63) is 35.0 Å². The van der Waals surface area contributed by atoms with Crippen molar-refractivity contribution in [1.82, 2.24) is 10.5 Å². The quantitative estimate of drug-likeness (QED) is 0.716. The summed E-state index contributed by atoms with van der Waals surface area (Å²) in [6, 6.07) is 3.25. The van der Waals surface area contributed by atoms with Gasteiger partial charge in [0.2, 0.25) is 0 Å². The van der Waals surface area contributed by atoms with Crippen LogP contribution in [-0.4, -0.2) is 28.6 Å². The number of anilines is 1. The van der Waals surface area contributed by atoms with E-state index >= 15 is 0 Å². The molecule has 3 N–H and O–H groups in total. The van der Waals surface area contributed by atoms with E-state index in [4.69, 9.17) is 8.94 Å². The van der Waals surface area contributed by atoms with Crippen molar-refractivity contribution in [3.63, 3.8) is 0 Å². The summed E-state index contributed by atoms with van der Waals surface area (Å²) in [4.78, 5) is 23.3. The third-order valence-electron chi connectivity index (χ3n) is 3.22. The van der Waals surface area contributed by atoms with Gasteiger partial charge in [-0.15, -0.1) is 0 Å². The van der Waals surface area contributed by atoms with Gasteiger partial charge in [0.05, 0.1) is 6.10 Å². The number of aliphatic hydroxyl groups excluding tert-OH is 1. The predicted octanol–water partition coefficient (Wildman–Crippen LogP) is 1.37. The van der Waals surface area contributed by atoms with Gasteiger partial charge in [-0.05, 0) is 33.3 Å². The number of furan rings is 1. The van der Waals surface area contributed by atoms with E-state index in [0.717, 1.165) is 0 Å². The lowest BCUT2D eigenvalue weighted by Crippen LogP contribution is -2.36. The molecule has 2 rings (SSSR count). The van der Waals surface area contributed by atoms with Crippen LogP contribution in [-0.2, 0) is 9.59 Å². The monoisotopic (exact) mass is 321 g/mol. The van der Waals surface area contributed by atoms with Crippen LogP contribution in [0.4, 0.5) is 5.82 Å². The molecule has 0 aromatic carbocycles. The molecule has 0 fully saturated rings. The summed E-state index contributed by atoms with van der Waals surface area (Å²) in [5.74, 6) is 0.395. The molecule has 0 bridgehead atoms. The number of nitrogens with one attached hydrogen (secondary N) is 2. The molecular weight excluding hydrogens is 302 g/mol. The number of carbonyl (C=O) groups excluding carboxylic acids is 2. The Bertz CT molecular complexity index is 704. The number of hydrogen-bond acceptors (Lipinski definition) is 6. The summed E-state index contributed by atoms with van der Waals surface area (Å²) < 4.78 is 10.1. The summed E-state index contributed by atoms with van der Waals surface area (Å²) in [5.41, 5.74) is 0.680. The highest BCUT2D eigenvalue weighted by Gasteiger charge is 2.17. The Hall–Kier alpha value is -2.61. The molecule has 23 heavy (non-hydrogen) atoms. The Morgan fingerprint density at radius 1 is 1.22 bits per heavy atom. The van der Waals surface area contributed by atoms with E-state index in [0.29, 0.717) is 22.8 Å². The van der Waals surface area contributed by atoms with Crippen molar-refractivity contribution in [2.24, 2.45) is 0 Å². The Kier molecular flexibility index (Phi) is 5.17. The highest BCUT2D eigenvalue weighted by atomic mass is 16.5. The summed E-state index contributed by atoms with van der Waals surface area (Å²) in [5, 5.41) is 18.4. The lowest BCUT2D eigenvalue weighted by Gasteiger charge is -2.10. The Labute approximate surface area is 132 Å². The van der Waals surface area contributed by atoms with Gasteiger partial charge in [0, 0.05) is 18.2 Å². The Balaban J connectivity index is 1.78. The van der Waals surface area contributed by atoms with E-state index in [-0.39, 0.29) is 18.8 Å². The van der Waals surface area contributed by atoms with Crippen LogP contribution in [0.15, 0.2) is 21.1 Å². The Morgan fingerprint density at radius 2 is 1.96 bits per heavy atom. The number of amides is 2. The highest BCUT2D eigenvalue weighted by molar-refractivity contribution is 6.39. The number of aliphatic hydroxyl groups is 1. The molecule has 0 radical (unpaired) electrons. The minimum Gasteiger partial charge on any atom is -0.466 e. The van der Waals surface area contributed by atoms with E-state index in [2.05, 4.69) is 15.8 Å². The van der Waals surface area contributed by atoms with Gasteiger partial charge in [-0.2, -0.15) is 0 Å². The second kappa shape index (κ2) is 7.10. The van der Waals surface area contributed by atoms with E-state index in [1.165, 1.54) is 6.07 Å². The van der Waals surface area contributed by atoms with E-state index < -0.39 is 17.9 Å². The molecule has 0 spiro atoms. The summed E-state index contributed by atoms with van der Waals surface area (Å²) in [7, 11) is 0. The zero-order chi connectivity index (χ0) is 17.0. The number of rotatable bonds is 5. The van der Waals surface area contributed by atoms with Crippen molar-refractivity contribution >= 4 is 17.6 Å². The van der Waals surface area contributed by atoms with Gasteiger partial charge >= 0.3 is 11.8 Å². The molecule has 124 valence electrons. The van der Waals surface area contributed by atoms with Gasteiger partial charge in [-0.25, -0.2) is 0 Å². The summed E-state index contributed by atoms with van der Waals surface area (Å²) >= 11 is 0. The second-order valence-corrected chi connectivity index (χ2v) is 5.21. The standard InChI is InChI=1S/C15H19N3O5/c1-8-6-11(10(3)22-8)12(19)4-5-16-14(20)15(21)17-13-7-9(2)23-18-13/h6-7,12,19H,4-5H2,1-3H3,(H,16,20)(H,17,18,21)/t12-/m0/s1. The number of carbonyl (C=O) groups is 2. The van der Waals surface area contributed by atoms with Gasteiger partial charge in [-0.1, -0.05) is 5.16 Å². The van der Waals surface area contributed by atoms with Crippen molar-refractivity contribution in [3.8, 4) is 0 Å². The molecule has 2 heterocycles. The fourth-order valence-corrected chi connectivity index (χ4v) is 2.14. The van der Waals surface area contributed by atoms with Crippen LogP contribution in [0.5, 0.6) is 0 Å². The second-order valence-electron chi connectivity index (χ2n) is 5.21. The zero-order valence-electron chi connectivity index (χ0n) is 13.2. The van der Waals surface area contributed by atoms with Crippen LogP contribution in [0.2, 0.25) is 0 Å². The van der Waals surface area contributed by atoms with Gasteiger partial charge in [0.1, 0.15) is 17.3 Å². The maximum atomic E-state index is 11.7. The first-order valence-electron chi connectivity index (χ1n) is 7.14. The van der Waals surface area contributed by atoms with Crippen molar-refractivity contribution < 1.29 is 23.6 Å². The van der Waals surface area contributed by atoms with Crippen LogP contribution in [0.1, 0.15) is 35.4 Å². The lowest BCUT2D eigenvalue weighted by atomic mass is 10.1. The normalized spacial score (nSPS) is 12.0. The zero-order valence-corrected chi connectivity index (χ0v) is 13.2. The molecule has 0 saturated carbocycles. The fraction of sp³-hybridized carbons (Fsp3) is 0.400. The van der Waals surface area contributed by atoms with Crippen LogP contribution >= 0.6 is 0 Å². The van der Waals surface area contributed by atoms with Crippen molar-refractivity contribution in [2.75, 3.05) is 11.9 Å². The smallest absolute Gasteiger partial charge is 0.314 e. The Morgan fingerprint density at radius 3 is 2.52 bits per heavy atom. The molecule has 0 aliphatic rings. The number of hydrogen-bond donors (Lipinski definition) is 3. The predicted molar refractivity (Wildman–Crippen MR) is 80.6 cm³/mol. The summed E-state index contributed by atoms with van der Waals surface area (Å²) in [6.07, 6.45) is -0.504. The first kappa shape index (κ1) is 16.8. The molecule has 1 atom stereocenters. The largest absolute Gasteiger partial charge is 0.466 e. The van der Waals surface area contributed by atoms with E-state index in [1.54, 1.807) is 26.8 Å². The average Bonchev–Trinajstić information content (AvgIpc) is 3.03. The molecule has 0 aliphatic heterocycles. The SMILES string of the molecule is Cc1cc(NC(=O)C(=O)NCC[C@H](O)c2cc(C)oc2C)no1.